The first-order valence-corrected chi connectivity index (χ1v) is 7.75. The predicted molar refractivity (Wildman–Crippen MR) is 88.8 cm³/mol. The van der Waals surface area contributed by atoms with Gasteiger partial charge >= 0.3 is 5.97 Å². The van der Waals surface area contributed by atoms with E-state index in [2.05, 4.69) is 5.32 Å². The second-order valence-corrected chi connectivity index (χ2v) is 5.86. The number of aromatic carboxylic acids is 1. The molecule has 0 aliphatic rings. The number of carboxylic acids is 1. The number of furan rings is 1. The molecule has 6 nitrogen and oxygen atoms in total. The van der Waals surface area contributed by atoms with Crippen LogP contribution < -0.4 is 10.1 Å². The van der Waals surface area contributed by atoms with Crippen molar-refractivity contribution < 1.29 is 23.8 Å². The van der Waals surface area contributed by atoms with Crippen LogP contribution in [0.15, 0.2) is 28.7 Å². The molecule has 1 amide bonds. The number of benzene rings is 1. The van der Waals surface area contributed by atoms with E-state index in [9.17, 15) is 9.59 Å². The average molecular weight is 372 g/mol. The SMILES string of the molecule is Cc1oc(CNC(=O)C(C)Oc2ccc(Cl)c(Cl)c2)cc1C(=O)O. The van der Waals surface area contributed by atoms with Crippen LogP contribution >= 0.6 is 23.2 Å². The van der Waals surface area contributed by atoms with Crippen LogP contribution in [0.25, 0.3) is 0 Å². The van der Waals surface area contributed by atoms with Crippen LogP contribution in [-0.4, -0.2) is 23.1 Å². The highest BCUT2D eigenvalue weighted by molar-refractivity contribution is 6.42. The van der Waals surface area contributed by atoms with Crippen molar-refractivity contribution in [2.45, 2.75) is 26.5 Å². The first-order valence-electron chi connectivity index (χ1n) is 7.00. The number of ether oxygens (including phenoxy) is 1. The Labute approximate surface area is 148 Å². The lowest BCUT2D eigenvalue weighted by Gasteiger charge is -2.14. The summed E-state index contributed by atoms with van der Waals surface area (Å²) in [6.45, 7) is 3.18. The first-order chi connectivity index (χ1) is 11.3. The van der Waals surface area contributed by atoms with Gasteiger partial charge < -0.3 is 19.6 Å². The topological polar surface area (TPSA) is 88.8 Å². The van der Waals surface area contributed by atoms with E-state index in [1.807, 2.05) is 0 Å². The molecule has 1 atom stereocenters. The number of carboxylic acid groups (broad SMARTS) is 1. The van der Waals surface area contributed by atoms with Gasteiger partial charge in [-0.05, 0) is 32.0 Å². The zero-order valence-electron chi connectivity index (χ0n) is 12.9. The summed E-state index contributed by atoms with van der Waals surface area (Å²) in [6, 6.07) is 6.07. The highest BCUT2D eigenvalue weighted by atomic mass is 35.5. The van der Waals surface area contributed by atoms with Crippen molar-refractivity contribution in [3.8, 4) is 5.75 Å². The fraction of sp³-hybridized carbons (Fsp3) is 0.250. The van der Waals surface area contributed by atoms with Crippen molar-refractivity contribution in [3.05, 3.63) is 51.4 Å². The molecule has 1 aromatic carbocycles. The molecule has 0 fully saturated rings. The third-order valence-corrected chi connectivity index (χ3v) is 3.95. The highest BCUT2D eigenvalue weighted by Gasteiger charge is 2.17. The summed E-state index contributed by atoms with van der Waals surface area (Å²) in [5, 5.41) is 12.3. The number of rotatable bonds is 6. The first kappa shape index (κ1) is 18.2. The molecule has 1 heterocycles. The zero-order valence-corrected chi connectivity index (χ0v) is 14.4. The molecular formula is C16H15Cl2NO5. The normalized spacial score (nSPS) is 11.8. The largest absolute Gasteiger partial charge is 0.481 e. The smallest absolute Gasteiger partial charge is 0.339 e. The molecular weight excluding hydrogens is 357 g/mol. The van der Waals surface area contributed by atoms with Gasteiger partial charge in [-0.3, -0.25) is 4.79 Å². The molecule has 1 unspecified atom stereocenters. The Morgan fingerprint density at radius 3 is 2.58 bits per heavy atom. The van der Waals surface area contributed by atoms with E-state index in [1.165, 1.54) is 12.1 Å². The lowest BCUT2D eigenvalue weighted by atomic mass is 10.2. The van der Waals surface area contributed by atoms with Gasteiger partial charge in [-0.1, -0.05) is 23.2 Å². The maximum Gasteiger partial charge on any atom is 0.339 e. The number of amides is 1. The maximum atomic E-state index is 12.0. The number of hydrogen-bond donors (Lipinski definition) is 2. The molecule has 2 rings (SSSR count). The Bertz CT molecular complexity index is 772. The molecule has 0 bridgehead atoms. The number of nitrogens with one attached hydrogen (secondary N) is 1. The van der Waals surface area contributed by atoms with Gasteiger partial charge in [0, 0.05) is 6.07 Å². The molecule has 0 saturated heterocycles. The van der Waals surface area contributed by atoms with Gasteiger partial charge in [0.1, 0.15) is 22.8 Å². The van der Waals surface area contributed by atoms with Gasteiger partial charge in [-0.2, -0.15) is 0 Å². The van der Waals surface area contributed by atoms with Crippen molar-refractivity contribution >= 4 is 35.1 Å². The number of carbonyl (C=O) groups is 2. The van der Waals surface area contributed by atoms with Crippen LogP contribution in [-0.2, 0) is 11.3 Å². The Morgan fingerprint density at radius 2 is 2.00 bits per heavy atom. The minimum Gasteiger partial charge on any atom is -0.481 e. The monoisotopic (exact) mass is 371 g/mol. The van der Waals surface area contributed by atoms with E-state index in [0.717, 1.165) is 0 Å². The summed E-state index contributed by atoms with van der Waals surface area (Å²) in [7, 11) is 0. The second-order valence-electron chi connectivity index (χ2n) is 5.04. The molecule has 128 valence electrons. The summed E-state index contributed by atoms with van der Waals surface area (Å²) in [6.07, 6.45) is -0.780. The summed E-state index contributed by atoms with van der Waals surface area (Å²) in [4.78, 5) is 23.0. The third-order valence-electron chi connectivity index (χ3n) is 3.21. The summed E-state index contributed by atoms with van der Waals surface area (Å²) >= 11 is 11.7. The number of aryl methyl sites for hydroxylation is 1. The van der Waals surface area contributed by atoms with Crippen LogP contribution in [0, 0.1) is 6.92 Å². The summed E-state index contributed by atoms with van der Waals surface area (Å²) < 4.78 is 10.8. The minimum absolute atomic E-state index is 0.0576. The fourth-order valence-electron chi connectivity index (χ4n) is 1.97. The maximum absolute atomic E-state index is 12.0. The van der Waals surface area contributed by atoms with Crippen LogP contribution in [0.3, 0.4) is 0 Å². The third kappa shape index (κ3) is 4.43. The van der Waals surface area contributed by atoms with Crippen LogP contribution in [0.5, 0.6) is 5.75 Å². The molecule has 8 heteroatoms. The van der Waals surface area contributed by atoms with Crippen molar-refractivity contribution in [1.29, 1.82) is 0 Å². The Morgan fingerprint density at radius 1 is 1.29 bits per heavy atom. The number of hydrogen-bond acceptors (Lipinski definition) is 4. The fourth-order valence-corrected chi connectivity index (χ4v) is 2.26. The van der Waals surface area contributed by atoms with Crippen molar-refractivity contribution in [2.24, 2.45) is 0 Å². The summed E-state index contributed by atoms with van der Waals surface area (Å²) in [5.74, 6) is -0.418. The number of carbonyl (C=O) groups excluding carboxylic acids is 1. The van der Waals surface area contributed by atoms with E-state index in [4.69, 9.17) is 37.5 Å². The molecule has 0 saturated carbocycles. The Hall–Kier alpha value is -2.18. The second kappa shape index (κ2) is 7.59. The van der Waals surface area contributed by atoms with E-state index < -0.39 is 12.1 Å². The average Bonchev–Trinajstić information content (AvgIpc) is 2.89. The van der Waals surface area contributed by atoms with Gasteiger partial charge in [0.05, 0.1) is 16.6 Å². The molecule has 0 radical (unpaired) electrons. The van der Waals surface area contributed by atoms with Crippen molar-refractivity contribution in [3.63, 3.8) is 0 Å². The molecule has 1 aromatic heterocycles. The lowest BCUT2D eigenvalue weighted by Crippen LogP contribution is -2.35. The van der Waals surface area contributed by atoms with Gasteiger partial charge in [0.25, 0.3) is 5.91 Å². The lowest BCUT2D eigenvalue weighted by molar-refractivity contribution is -0.127. The van der Waals surface area contributed by atoms with Gasteiger partial charge in [0.2, 0.25) is 0 Å². The molecule has 0 spiro atoms. The van der Waals surface area contributed by atoms with E-state index >= 15 is 0 Å². The van der Waals surface area contributed by atoms with Crippen LogP contribution in [0.2, 0.25) is 10.0 Å². The molecule has 24 heavy (non-hydrogen) atoms. The Balaban J connectivity index is 1.93. The van der Waals surface area contributed by atoms with Crippen LogP contribution in [0.1, 0.15) is 28.8 Å². The Kier molecular flexibility index (Phi) is 5.75. The molecule has 2 N–H and O–H groups in total. The van der Waals surface area contributed by atoms with E-state index in [0.29, 0.717) is 21.6 Å². The van der Waals surface area contributed by atoms with E-state index in [-0.39, 0.29) is 23.8 Å². The molecule has 2 aromatic rings. The molecule has 0 aliphatic carbocycles. The van der Waals surface area contributed by atoms with Crippen LogP contribution in [0.4, 0.5) is 0 Å². The van der Waals surface area contributed by atoms with Gasteiger partial charge in [0.15, 0.2) is 6.10 Å². The minimum atomic E-state index is -1.08. The predicted octanol–water partition coefficient (Wildman–Crippen LogP) is 3.68. The van der Waals surface area contributed by atoms with E-state index in [1.54, 1.807) is 26.0 Å². The quantitative estimate of drug-likeness (QED) is 0.808. The van der Waals surface area contributed by atoms with Crippen molar-refractivity contribution in [2.75, 3.05) is 0 Å². The molecule has 0 aliphatic heterocycles. The standard InChI is InChI=1S/C16H15Cl2NO5/c1-8-12(16(21)22)5-11(23-8)7-19-15(20)9(2)24-10-3-4-13(17)14(18)6-10/h3-6,9H,7H2,1-2H3,(H,19,20)(H,21,22). The number of halogens is 2. The summed E-state index contributed by atoms with van der Waals surface area (Å²) in [5.41, 5.74) is 0.0688. The highest BCUT2D eigenvalue weighted by Crippen LogP contribution is 2.26. The van der Waals surface area contributed by atoms with Gasteiger partial charge in [-0.15, -0.1) is 0 Å². The van der Waals surface area contributed by atoms with Crippen molar-refractivity contribution in [1.82, 2.24) is 5.32 Å². The zero-order chi connectivity index (χ0) is 17.9. The van der Waals surface area contributed by atoms with Gasteiger partial charge in [-0.25, -0.2) is 4.79 Å².